The summed E-state index contributed by atoms with van der Waals surface area (Å²) in [6.07, 6.45) is 0. The molecule has 5 heteroatoms. The molecule has 1 aromatic carbocycles. The predicted octanol–water partition coefficient (Wildman–Crippen LogP) is 1.88. The van der Waals surface area contributed by atoms with Crippen molar-refractivity contribution in [1.82, 2.24) is 0 Å². The molecular weight excluding hydrogens is 239 g/mol. The first kappa shape index (κ1) is 9.98. The molecule has 0 bridgehead atoms. The van der Waals surface area contributed by atoms with Gasteiger partial charge in [-0.3, -0.25) is 5.41 Å². The van der Waals surface area contributed by atoms with E-state index in [2.05, 4.69) is 15.9 Å². The van der Waals surface area contributed by atoms with Crippen LogP contribution in [0.3, 0.4) is 0 Å². The number of methoxy groups -OCH3 is 1. The lowest BCUT2D eigenvalue weighted by molar-refractivity contribution is 0.385. The van der Waals surface area contributed by atoms with Crippen LogP contribution in [0.2, 0.25) is 0 Å². The minimum absolute atomic E-state index is 0.122. The van der Waals surface area contributed by atoms with Crippen LogP contribution in [0.5, 0.6) is 5.75 Å². The summed E-state index contributed by atoms with van der Waals surface area (Å²) in [4.78, 5) is 0. The van der Waals surface area contributed by atoms with Gasteiger partial charge in [0.25, 0.3) is 0 Å². The summed E-state index contributed by atoms with van der Waals surface area (Å²) < 4.78 is 18.2. The van der Waals surface area contributed by atoms with E-state index in [0.29, 0.717) is 5.56 Å². The van der Waals surface area contributed by atoms with E-state index in [4.69, 9.17) is 15.9 Å². The molecule has 0 unspecified atom stereocenters. The molecule has 0 aliphatic heterocycles. The molecule has 1 rings (SSSR count). The average molecular weight is 247 g/mol. The Kier molecular flexibility index (Phi) is 2.87. The van der Waals surface area contributed by atoms with E-state index in [0.717, 1.165) is 0 Å². The van der Waals surface area contributed by atoms with Gasteiger partial charge in [-0.15, -0.1) is 0 Å². The van der Waals surface area contributed by atoms with Gasteiger partial charge < -0.3 is 10.5 Å². The second-order valence-corrected chi connectivity index (χ2v) is 3.15. The Labute approximate surface area is 83.3 Å². The van der Waals surface area contributed by atoms with Crippen LogP contribution >= 0.6 is 15.9 Å². The number of amidine groups is 1. The molecule has 0 heterocycles. The normalized spacial score (nSPS) is 9.77. The molecule has 0 saturated carbocycles. The fourth-order valence-corrected chi connectivity index (χ4v) is 1.44. The maximum Gasteiger partial charge on any atom is 0.179 e. The second kappa shape index (κ2) is 3.74. The standard InChI is InChI=1S/C8H8BrFN2O/c1-13-5-3-2-4(8(11)12)6(9)7(5)10/h2-3H,1H3,(H3,11,12). The number of benzene rings is 1. The Hall–Kier alpha value is -1.10. The zero-order chi connectivity index (χ0) is 10.0. The Morgan fingerprint density at radius 3 is 2.69 bits per heavy atom. The Morgan fingerprint density at radius 2 is 2.23 bits per heavy atom. The minimum Gasteiger partial charge on any atom is -0.494 e. The Balaban J connectivity index is 3.31. The third kappa shape index (κ3) is 1.80. The maximum atomic E-state index is 13.3. The molecule has 0 fully saturated rings. The van der Waals surface area contributed by atoms with Gasteiger partial charge in [0, 0.05) is 5.56 Å². The Bertz CT molecular complexity index is 354. The van der Waals surface area contributed by atoms with E-state index in [1.807, 2.05) is 0 Å². The monoisotopic (exact) mass is 246 g/mol. The lowest BCUT2D eigenvalue weighted by atomic mass is 10.2. The largest absolute Gasteiger partial charge is 0.494 e. The number of nitrogen functional groups attached to an aromatic ring is 1. The highest BCUT2D eigenvalue weighted by molar-refractivity contribution is 9.10. The van der Waals surface area contributed by atoms with Gasteiger partial charge in [0.05, 0.1) is 11.6 Å². The van der Waals surface area contributed by atoms with Gasteiger partial charge in [-0.1, -0.05) is 0 Å². The highest BCUT2D eigenvalue weighted by Crippen LogP contribution is 2.27. The summed E-state index contributed by atoms with van der Waals surface area (Å²) in [5, 5.41) is 7.14. The van der Waals surface area contributed by atoms with Crippen LogP contribution < -0.4 is 10.5 Å². The zero-order valence-electron chi connectivity index (χ0n) is 6.90. The minimum atomic E-state index is -0.546. The van der Waals surface area contributed by atoms with Gasteiger partial charge in [-0.2, -0.15) is 0 Å². The SMILES string of the molecule is COc1ccc(C(=N)N)c(Br)c1F. The van der Waals surface area contributed by atoms with E-state index >= 15 is 0 Å². The number of ether oxygens (including phenoxy) is 1. The molecule has 0 spiro atoms. The van der Waals surface area contributed by atoms with Gasteiger partial charge in [0.1, 0.15) is 5.84 Å². The molecule has 0 aliphatic rings. The quantitative estimate of drug-likeness (QED) is 0.619. The molecule has 3 nitrogen and oxygen atoms in total. The number of nitrogens with two attached hydrogens (primary N) is 1. The van der Waals surface area contributed by atoms with Crippen LogP contribution in [0.25, 0.3) is 0 Å². The smallest absolute Gasteiger partial charge is 0.179 e. The van der Waals surface area contributed by atoms with Crippen molar-refractivity contribution in [3.05, 3.63) is 28.0 Å². The molecule has 3 N–H and O–H groups in total. The predicted molar refractivity (Wildman–Crippen MR) is 51.7 cm³/mol. The van der Waals surface area contributed by atoms with Gasteiger partial charge in [-0.25, -0.2) is 4.39 Å². The zero-order valence-corrected chi connectivity index (χ0v) is 8.48. The maximum absolute atomic E-state index is 13.3. The van der Waals surface area contributed by atoms with E-state index in [1.165, 1.54) is 19.2 Å². The summed E-state index contributed by atoms with van der Waals surface area (Å²) in [5.74, 6) is -0.611. The number of halogens is 2. The fourth-order valence-electron chi connectivity index (χ4n) is 0.897. The van der Waals surface area contributed by atoms with Crippen LogP contribution in [-0.4, -0.2) is 12.9 Å². The molecule has 0 radical (unpaired) electrons. The second-order valence-electron chi connectivity index (χ2n) is 2.36. The molecule has 0 amide bonds. The van der Waals surface area contributed by atoms with Crippen LogP contribution in [0.4, 0.5) is 4.39 Å². The van der Waals surface area contributed by atoms with Crippen molar-refractivity contribution < 1.29 is 9.13 Å². The van der Waals surface area contributed by atoms with Crippen LogP contribution in [-0.2, 0) is 0 Å². The number of hydrogen-bond donors (Lipinski definition) is 2. The van der Waals surface area contributed by atoms with E-state index in [-0.39, 0.29) is 16.1 Å². The van der Waals surface area contributed by atoms with E-state index in [9.17, 15) is 4.39 Å². The van der Waals surface area contributed by atoms with E-state index in [1.54, 1.807) is 0 Å². The summed E-state index contributed by atoms with van der Waals surface area (Å²) in [5.41, 5.74) is 5.54. The molecule has 1 aromatic rings. The fraction of sp³-hybridized carbons (Fsp3) is 0.125. The van der Waals surface area contributed by atoms with Crippen molar-refractivity contribution in [3.8, 4) is 5.75 Å². The molecule has 0 aromatic heterocycles. The summed E-state index contributed by atoms with van der Waals surface area (Å²) in [6.45, 7) is 0. The van der Waals surface area contributed by atoms with E-state index < -0.39 is 5.82 Å². The summed E-state index contributed by atoms with van der Waals surface area (Å²) in [6, 6.07) is 2.95. The van der Waals surface area contributed by atoms with Gasteiger partial charge in [0.2, 0.25) is 0 Å². The highest BCUT2D eigenvalue weighted by Gasteiger charge is 2.12. The number of rotatable bonds is 2. The first-order valence-corrected chi connectivity index (χ1v) is 4.23. The summed E-state index contributed by atoms with van der Waals surface area (Å²) in [7, 11) is 1.37. The number of nitrogens with one attached hydrogen (secondary N) is 1. The molecule has 0 saturated heterocycles. The van der Waals surface area contributed by atoms with Crippen LogP contribution in [0.1, 0.15) is 5.56 Å². The lowest BCUT2D eigenvalue weighted by Crippen LogP contribution is -2.12. The van der Waals surface area contributed by atoms with Crippen LogP contribution in [0, 0.1) is 11.2 Å². The van der Waals surface area contributed by atoms with Gasteiger partial charge >= 0.3 is 0 Å². The van der Waals surface area contributed by atoms with Crippen LogP contribution in [0.15, 0.2) is 16.6 Å². The van der Waals surface area contributed by atoms with Crippen molar-refractivity contribution in [3.63, 3.8) is 0 Å². The summed E-state index contributed by atoms with van der Waals surface area (Å²) >= 11 is 3.00. The average Bonchev–Trinajstić information content (AvgIpc) is 2.09. The van der Waals surface area contributed by atoms with Crippen molar-refractivity contribution >= 4 is 21.8 Å². The van der Waals surface area contributed by atoms with Crippen molar-refractivity contribution in [2.75, 3.05) is 7.11 Å². The molecular formula is C8H8BrFN2O. The third-order valence-electron chi connectivity index (χ3n) is 1.56. The highest BCUT2D eigenvalue weighted by atomic mass is 79.9. The van der Waals surface area contributed by atoms with Gasteiger partial charge in [-0.05, 0) is 28.1 Å². The van der Waals surface area contributed by atoms with Crippen molar-refractivity contribution in [2.45, 2.75) is 0 Å². The van der Waals surface area contributed by atoms with Crippen molar-refractivity contribution in [2.24, 2.45) is 5.73 Å². The molecule has 0 aliphatic carbocycles. The van der Waals surface area contributed by atoms with Gasteiger partial charge in [0.15, 0.2) is 11.6 Å². The first-order chi connectivity index (χ1) is 6.07. The molecule has 13 heavy (non-hydrogen) atoms. The Morgan fingerprint density at radius 1 is 1.62 bits per heavy atom. The third-order valence-corrected chi connectivity index (χ3v) is 2.33. The molecule has 0 atom stereocenters. The first-order valence-electron chi connectivity index (χ1n) is 3.44. The topological polar surface area (TPSA) is 59.1 Å². The van der Waals surface area contributed by atoms with Crippen molar-refractivity contribution in [1.29, 1.82) is 5.41 Å². The molecule has 70 valence electrons. The lowest BCUT2D eigenvalue weighted by Gasteiger charge is -2.06. The number of hydrogen-bond acceptors (Lipinski definition) is 2.